The van der Waals surface area contributed by atoms with E-state index in [1.165, 1.54) is 4.31 Å². The zero-order valence-electron chi connectivity index (χ0n) is 20.5. The van der Waals surface area contributed by atoms with Gasteiger partial charge in [-0.2, -0.15) is 12.7 Å². The van der Waals surface area contributed by atoms with Crippen molar-refractivity contribution in [3.63, 3.8) is 0 Å². The Morgan fingerprint density at radius 1 is 0.886 bits per heavy atom. The Hall–Kier alpha value is -2.27. The van der Waals surface area contributed by atoms with Crippen molar-refractivity contribution in [1.29, 1.82) is 0 Å². The maximum Gasteiger partial charge on any atom is 0.283 e. The average Bonchev–Trinajstić information content (AvgIpc) is 3.50. The number of likely N-dealkylation sites (tertiary alicyclic amines) is 1. The molecule has 8 nitrogen and oxygen atoms in total. The Bertz CT molecular complexity index is 1250. The summed E-state index contributed by atoms with van der Waals surface area (Å²) in [7, 11) is -7.71. The molecule has 0 bridgehead atoms. The highest BCUT2D eigenvalue weighted by atomic mass is 32.2. The Morgan fingerprint density at radius 2 is 1.51 bits per heavy atom. The summed E-state index contributed by atoms with van der Waals surface area (Å²) in [6.45, 7) is 8.57. The lowest BCUT2D eigenvalue weighted by Crippen LogP contribution is -2.50. The van der Waals surface area contributed by atoms with E-state index in [1.807, 2.05) is 25.7 Å². The van der Waals surface area contributed by atoms with Gasteiger partial charge in [-0.15, -0.1) is 4.40 Å². The van der Waals surface area contributed by atoms with E-state index in [4.69, 9.17) is 0 Å². The number of hydrogen-bond donors (Lipinski definition) is 0. The smallest absolute Gasteiger partial charge is 0.283 e. The standard InChI is InChI=1S/C25H34N4O4S2/c1-20(2)25-28(17-18-29(25)35(32,33)23-9-5-4-6-10-23)24(19-27-15-7-8-16-27)26-34(30,31)22-13-11-21(3)12-14-22/h4-6,9-14,20,25H,7-8,15-19H2,1-3H3/b26-24-. The molecule has 2 fully saturated rings. The van der Waals surface area contributed by atoms with Gasteiger partial charge in [0.05, 0.1) is 22.5 Å². The Balaban J connectivity index is 1.73. The molecule has 2 aliphatic rings. The molecule has 2 saturated heterocycles. The van der Waals surface area contributed by atoms with Crippen LogP contribution in [0.25, 0.3) is 0 Å². The number of amidine groups is 1. The molecule has 1 atom stereocenters. The highest BCUT2D eigenvalue weighted by Crippen LogP contribution is 2.30. The third-order valence-corrected chi connectivity index (χ3v) is 9.76. The molecule has 0 spiro atoms. The van der Waals surface area contributed by atoms with Crippen LogP contribution >= 0.6 is 0 Å². The average molecular weight is 519 g/mol. The van der Waals surface area contributed by atoms with Gasteiger partial charge in [0.1, 0.15) is 5.84 Å². The van der Waals surface area contributed by atoms with Crippen LogP contribution in [0.5, 0.6) is 0 Å². The van der Waals surface area contributed by atoms with Crippen molar-refractivity contribution in [2.45, 2.75) is 49.6 Å². The SMILES string of the molecule is Cc1ccc(S(=O)(=O)/N=C(/CN2CCCC2)N2CCN(S(=O)(=O)c3ccccc3)C2C(C)C)cc1. The lowest BCUT2D eigenvalue weighted by Gasteiger charge is -2.35. The zero-order chi connectivity index (χ0) is 25.2. The highest BCUT2D eigenvalue weighted by molar-refractivity contribution is 7.90. The van der Waals surface area contributed by atoms with Crippen molar-refractivity contribution in [1.82, 2.24) is 14.1 Å². The van der Waals surface area contributed by atoms with Gasteiger partial charge in [-0.1, -0.05) is 49.7 Å². The van der Waals surface area contributed by atoms with E-state index in [2.05, 4.69) is 9.30 Å². The lowest BCUT2D eigenvalue weighted by atomic mass is 10.1. The topological polar surface area (TPSA) is 90.4 Å². The van der Waals surface area contributed by atoms with Crippen molar-refractivity contribution >= 4 is 25.9 Å². The molecule has 0 N–H and O–H groups in total. The Morgan fingerprint density at radius 3 is 2.11 bits per heavy atom. The van der Waals surface area contributed by atoms with E-state index in [0.29, 0.717) is 18.9 Å². The minimum Gasteiger partial charge on any atom is -0.340 e. The van der Waals surface area contributed by atoms with Gasteiger partial charge in [-0.05, 0) is 63.0 Å². The second kappa shape index (κ2) is 10.4. The van der Waals surface area contributed by atoms with Crippen molar-refractivity contribution in [3.8, 4) is 0 Å². The summed E-state index contributed by atoms with van der Waals surface area (Å²) in [6.07, 6.45) is 1.58. The van der Waals surface area contributed by atoms with Gasteiger partial charge in [0.25, 0.3) is 10.0 Å². The van der Waals surface area contributed by atoms with Crippen molar-refractivity contribution in [2.75, 3.05) is 32.7 Å². The highest BCUT2D eigenvalue weighted by Gasteiger charge is 2.43. The van der Waals surface area contributed by atoms with E-state index in [1.54, 1.807) is 54.6 Å². The molecule has 2 aliphatic heterocycles. The maximum atomic E-state index is 13.5. The number of nitrogens with zero attached hydrogens (tertiary/aromatic N) is 4. The molecular formula is C25H34N4O4S2. The number of aryl methyl sites for hydroxylation is 1. The largest absolute Gasteiger partial charge is 0.340 e. The second-order valence-electron chi connectivity index (χ2n) is 9.56. The fourth-order valence-electron chi connectivity index (χ4n) is 4.81. The summed E-state index contributed by atoms with van der Waals surface area (Å²) in [5.74, 6) is 0.318. The van der Waals surface area contributed by atoms with Gasteiger partial charge in [0, 0.05) is 13.1 Å². The minimum atomic E-state index is -3.96. The van der Waals surface area contributed by atoms with Crippen LogP contribution in [0.1, 0.15) is 32.3 Å². The molecule has 190 valence electrons. The van der Waals surface area contributed by atoms with Crippen LogP contribution in [0.4, 0.5) is 0 Å². The monoisotopic (exact) mass is 518 g/mol. The van der Waals surface area contributed by atoms with Crippen molar-refractivity contribution < 1.29 is 16.8 Å². The van der Waals surface area contributed by atoms with Crippen LogP contribution in [-0.2, 0) is 20.0 Å². The van der Waals surface area contributed by atoms with Crippen LogP contribution in [0.2, 0.25) is 0 Å². The van der Waals surface area contributed by atoms with Crippen molar-refractivity contribution in [3.05, 3.63) is 60.2 Å². The minimum absolute atomic E-state index is 0.0816. The van der Waals surface area contributed by atoms with Gasteiger partial charge < -0.3 is 4.90 Å². The van der Waals surface area contributed by atoms with Crippen LogP contribution in [0.15, 0.2) is 68.8 Å². The van der Waals surface area contributed by atoms with Gasteiger partial charge in [0.15, 0.2) is 0 Å². The van der Waals surface area contributed by atoms with E-state index in [0.717, 1.165) is 31.5 Å². The zero-order valence-corrected chi connectivity index (χ0v) is 22.2. The molecule has 2 aromatic rings. The molecule has 2 heterocycles. The number of sulfonamides is 2. The van der Waals surface area contributed by atoms with E-state index < -0.39 is 26.2 Å². The number of rotatable bonds is 7. The summed E-state index contributed by atoms with van der Waals surface area (Å²) < 4.78 is 59.5. The molecule has 0 radical (unpaired) electrons. The lowest BCUT2D eigenvalue weighted by molar-refractivity contribution is 0.205. The summed E-state index contributed by atoms with van der Waals surface area (Å²) >= 11 is 0. The Labute approximate surface area is 209 Å². The van der Waals surface area contributed by atoms with E-state index in [9.17, 15) is 16.8 Å². The number of benzene rings is 2. The molecule has 2 aromatic carbocycles. The summed E-state index contributed by atoms with van der Waals surface area (Å²) in [4.78, 5) is 4.44. The van der Waals surface area contributed by atoms with Gasteiger partial charge in [0.2, 0.25) is 10.0 Å². The van der Waals surface area contributed by atoms with E-state index >= 15 is 0 Å². The fraction of sp³-hybridized carbons (Fsp3) is 0.480. The van der Waals surface area contributed by atoms with Crippen LogP contribution < -0.4 is 0 Å². The number of hydrogen-bond acceptors (Lipinski definition) is 5. The van der Waals surface area contributed by atoms with Gasteiger partial charge in [-0.3, -0.25) is 4.90 Å². The third kappa shape index (κ3) is 5.61. The molecule has 0 amide bonds. The predicted octanol–water partition coefficient (Wildman–Crippen LogP) is 3.17. The fourth-order valence-corrected chi connectivity index (χ4v) is 7.57. The normalized spacial score (nSPS) is 20.7. The summed E-state index contributed by atoms with van der Waals surface area (Å²) in [6, 6.07) is 15.0. The molecule has 0 aliphatic carbocycles. The first-order valence-corrected chi connectivity index (χ1v) is 14.9. The van der Waals surface area contributed by atoms with Crippen LogP contribution in [0.3, 0.4) is 0 Å². The first-order valence-electron chi connectivity index (χ1n) is 12.1. The molecule has 1 unspecified atom stereocenters. The van der Waals surface area contributed by atoms with Crippen molar-refractivity contribution in [2.24, 2.45) is 10.3 Å². The molecular weight excluding hydrogens is 484 g/mol. The second-order valence-corrected chi connectivity index (χ2v) is 13.1. The van der Waals surface area contributed by atoms with Gasteiger partial charge in [-0.25, -0.2) is 8.42 Å². The molecule has 10 heteroatoms. The third-order valence-electron chi connectivity index (χ3n) is 6.56. The predicted molar refractivity (Wildman–Crippen MR) is 137 cm³/mol. The van der Waals surface area contributed by atoms with Crippen LogP contribution in [0, 0.1) is 12.8 Å². The molecule has 4 rings (SSSR count). The quantitative estimate of drug-likeness (QED) is 0.413. The summed E-state index contributed by atoms with van der Waals surface area (Å²) in [5.41, 5.74) is 0.964. The van der Waals surface area contributed by atoms with Crippen LogP contribution in [-0.4, -0.2) is 75.7 Å². The first kappa shape index (κ1) is 25.8. The first-order chi connectivity index (χ1) is 16.6. The van der Waals surface area contributed by atoms with Gasteiger partial charge >= 0.3 is 0 Å². The molecule has 35 heavy (non-hydrogen) atoms. The molecule has 0 saturated carbocycles. The Kier molecular flexibility index (Phi) is 7.65. The summed E-state index contributed by atoms with van der Waals surface area (Å²) in [5, 5.41) is 0. The molecule has 0 aromatic heterocycles. The maximum absolute atomic E-state index is 13.5. The van der Waals surface area contributed by atoms with E-state index in [-0.39, 0.29) is 22.3 Å².